The van der Waals surface area contributed by atoms with E-state index in [2.05, 4.69) is 28.2 Å². The summed E-state index contributed by atoms with van der Waals surface area (Å²) in [5.41, 5.74) is 1.24. The Morgan fingerprint density at radius 3 is 2.85 bits per heavy atom. The highest BCUT2D eigenvalue weighted by atomic mass is 79.9. The molecule has 1 nitrogen and oxygen atoms in total. The zero-order chi connectivity index (χ0) is 14.4. The molecule has 1 aromatic carbocycles. The van der Waals surface area contributed by atoms with E-state index >= 15 is 0 Å². The Bertz CT molecular complexity index is 421. The molecule has 0 spiro atoms. The van der Waals surface area contributed by atoms with E-state index in [0.29, 0.717) is 12.0 Å². The van der Waals surface area contributed by atoms with Crippen LogP contribution in [0.25, 0.3) is 0 Å². The number of rotatable bonds is 5. The van der Waals surface area contributed by atoms with Gasteiger partial charge in [0.25, 0.3) is 0 Å². The topological polar surface area (TPSA) is 12.0 Å². The van der Waals surface area contributed by atoms with Crippen molar-refractivity contribution in [1.29, 1.82) is 0 Å². The van der Waals surface area contributed by atoms with Crippen molar-refractivity contribution in [3.05, 3.63) is 34.1 Å². The lowest BCUT2D eigenvalue weighted by atomic mass is 9.91. The predicted molar refractivity (Wildman–Crippen MR) is 86.5 cm³/mol. The molecule has 1 aliphatic carbocycles. The van der Waals surface area contributed by atoms with Gasteiger partial charge in [0.05, 0.1) is 0 Å². The van der Waals surface area contributed by atoms with E-state index in [-0.39, 0.29) is 5.82 Å². The second-order valence-corrected chi connectivity index (χ2v) is 6.83. The zero-order valence-electron chi connectivity index (χ0n) is 12.3. The minimum atomic E-state index is -0.163. The summed E-state index contributed by atoms with van der Waals surface area (Å²) < 4.78 is 14.1. The first-order valence-corrected chi connectivity index (χ1v) is 8.65. The van der Waals surface area contributed by atoms with Gasteiger partial charge >= 0.3 is 0 Å². The summed E-state index contributed by atoms with van der Waals surface area (Å²) >= 11 is 3.49. The number of halogens is 2. The molecule has 1 fully saturated rings. The van der Waals surface area contributed by atoms with Crippen molar-refractivity contribution in [3.8, 4) is 0 Å². The number of nitrogens with one attached hydrogen (secondary N) is 1. The average molecular weight is 342 g/mol. The van der Waals surface area contributed by atoms with E-state index in [1.54, 1.807) is 12.1 Å². The summed E-state index contributed by atoms with van der Waals surface area (Å²) in [5, 5.41) is 3.68. The summed E-state index contributed by atoms with van der Waals surface area (Å²) in [6, 6.07) is 5.75. The van der Waals surface area contributed by atoms with Gasteiger partial charge in [0, 0.05) is 10.5 Å². The van der Waals surface area contributed by atoms with Gasteiger partial charge in [-0.25, -0.2) is 4.39 Å². The molecule has 0 saturated heterocycles. The highest BCUT2D eigenvalue weighted by Gasteiger charge is 2.20. The summed E-state index contributed by atoms with van der Waals surface area (Å²) in [6.45, 7) is 3.34. The third kappa shape index (κ3) is 4.85. The van der Waals surface area contributed by atoms with Crippen LogP contribution >= 0.6 is 15.9 Å². The van der Waals surface area contributed by atoms with E-state index < -0.39 is 0 Å². The smallest absolute Gasteiger partial charge is 0.124 e. The van der Waals surface area contributed by atoms with Gasteiger partial charge in [0.2, 0.25) is 0 Å². The average Bonchev–Trinajstić information content (AvgIpc) is 2.65. The van der Waals surface area contributed by atoms with Crippen LogP contribution in [-0.2, 0) is 6.42 Å². The van der Waals surface area contributed by atoms with Gasteiger partial charge in [-0.3, -0.25) is 0 Å². The third-order valence-electron chi connectivity index (χ3n) is 4.24. The molecule has 1 saturated carbocycles. The molecule has 2 unspecified atom stereocenters. The Balaban J connectivity index is 1.96. The van der Waals surface area contributed by atoms with E-state index in [9.17, 15) is 4.39 Å². The van der Waals surface area contributed by atoms with Crippen LogP contribution in [0.3, 0.4) is 0 Å². The highest BCUT2D eigenvalue weighted by Crippen LogP contribution is 2.29. The lowest BCUT2D eigenvalue weighted by molar-refractivity contribution is 0.384. The van der Waals surface area contributed by atoms with Crippen molar-refractivity contribution in [2.75, 3.05) is 6.54 Å². The fraction of sp³-hybridized carbons (Fsp3) is 0.647. The lowest BCUT2D eigenvalue weighted by Crippen LogP contribution is -2.31. The van der Waals surface area contributed by atoms with E-state index in [1.165, 1.54) is 44.1 Å². The maximum Gasteiger partial charge on any atom is 0.124 e. The van der Waals surface area contributed by atoms with Crippen molar-refractivity contribution < 1.29 is 4.39 Å². The molecular formula is C17H25BrFN. The molecule has 3 heteroatoms. The van der Waals surface area contributed by atoms with Gasteiger partial charge < -0.3 is 5.32 Å². The molecule has 2 atom stereocenters. The SMILES string of the molecule is CCCNC1CCCCC(Cc2ccc(F)cc2Br)C1. The van der Waals surface area contributed by atoms with Crippen LogP contribution in [0.2, 0.25) is 0 Å². The standard InChI is InChI=1S/C17H25BrFN/c1-2-9-20-16-6-4-3-5-13(11-16)10-14-7-8-15(19)12-17(14)18/h7-8,12-13,16,20H,2-6,9-11H2,1H3. The largest absolute Gasteiger partial charge is 0.314 e. The van der Waals surface area contributed by atoms with Crippen LogP contribution in [0.5, 0.6) is 0 Å². The van der Waals surface area contributed by atoms with Crippen molar-refractivity contribution in [2.24, 2.45) is 5.92 Å². The molecule has 0 heterocycles. The summed E-state index contributed by atoms with van der Waals surface area (Å²) in [6.07, 6.45) is 8.78. The van der Waals surface area contributed by atoms with Crippen molar-refractivity contribution in [3.63, 3.8) is 0 Å². The van der Waals surface area contributed by atoms with Crippen molar-refractivity contribution >= 4 is 15.9 Å². The van der Waals surface area contributed by atoms with Crippen LogP contribution in [0.1, 0.15) is 51.0 Å². The Hall–Kier alpha value is -0.410. The number of hydrogen-bond donors (Lipinski definition) is 1. The fourth-order valence-electron chi connectivity index (χ4n) is 3.18. The van der Waals surface area contributed by atoms with Crippen molar-refractivity contribution in [1.82, 2.24) is 5.32 Å². The van der Waals surface area contributed by atoms with E-state index in [1.807, 2.05) is 6.07 Å². The maximum atomic E-state index is 13.2. The molecule has 0 amide bonds. The molecule has 2 rings (SSSR count). The molecule has 1 aromatic rings. The Labute approximate surface area is 130 Å². The van der Waals surface area contributed by atoms with Crippen LogP contribution < -0.4 is 5.32 Å². The van der Waals surface area contributed by atoms with Crippen molar-refractivity contribution in [2.45, 2.75) is 57.9 Å². The molecule has 1 aliphatic rings. The van der Waals surface area contributed by atoms with Crippen LogP contribution in [0.4, 0.5) is 4.39 Å². The molecular weight excluding hydrogens is 317 g/mol. The first-order valence-electron chi connectivity index (χ1n) is 7.86. The maximum absolute atomic E-state index is 13.2. The van der Waals surface area contributed by atoms with Gasteiger partial charge in [-0.2, -0.15) is 0 Å². The second kappa shape index (κ2) is 8.14. The van der Waals surface area contributed by atoms with Gasteiger partial charge in [0.15, 0.2) is 0 Å². The first-order chi connectivity index (χ1) is 9.69. The van der Waals surface area contributed by atoms with Gasteiger partial charge in [0.1, 0.15) is 5.82 Å². The lowest BCUT2D eigenvalue weighted by Gasteiger charge is -2.21. The van der Waals surface area contributed by atoms with Gasteiger partial charge in [-0.05, 0) is 55.8 Å². The van der Waals surface area contributed by atoms with E-state index in [0.717, 1.165) is 17.4 Å². The number of benzene rings is 1. The first kappa shape index (κ1) is 16.0. The monoisotopic (exact) mass is 341 g/mol. The molecule has 0 bridgehead atoms. The van der Waals surface area contributed by atoms with E-state index in [4.69, 9.17) is 0 Å². The van der Waals surface area contributed by atoms with Gasteiger partial charge in [-0.15, -0.1) is 0 Å². The Morgan fingerprint density at radius 2 is 2.10 bits per heavy atom. The summed E-state index contributed by atoms with van der Waals surface area (Å²) in [7, 11) is 0. The zero-order valence-corrected chi connectivity index (χ0v) is 13.9. The van der Waals surface area contributed by atoms with Crippen LogP contribution in [0.15, 0.2) is 22.7 Å². The minimum absolute atomic E-state index is 0.163. The fourth-order valence-corrected chi connectivity index (χ4v) is 3.69. The number of hydrogen-bond acceptors (Lipinski definition) is 1. The molecule has 0 radical (unpaired) electrons. The Kier molecular flexibility index (Phi) is 6.50. The summed E-state index contributed by atoms with van der Waals surface area (Å²) in [4.78, 5) is 0. The van der Waals surface area contributed by atoms with Crippen LogP contribution in [-0.4, -0.2) is 12.6 Å². The molecule has 112 valence electrons. The quantitative estimate of drug-likeness (QED) is 0.736. The summed E-state index contributed by atoms with van der Waals surface area (Å²) in [5.74, 6) is 0.553. The van der Waals surface area contributed by atoms with Gasteiger partial charge in [-0.1, -0.05) is 48.2 Å². The molecule has 0 aromatic heterocycles. The molecule has 1 N–H and O–H groups in total. The predicted octanol–water partition coefficient (Wildman–Crippen LogP) is 5.08. The normalized spacial score (nSPS) is 23.6. The molecule has 0 aliphatic heterocycles. The minimum Gasteiger partial charge on any atom is -0.314 e. The second-order valence-electron chi connectivity index (χ2n) is 5.98. The third-order valence-corrected chi connectivity index (χ3v) is 4.98. The Morgan fingerprint density at radius 1 is 1.30 bits per heavy atom. The molecule has 20 heavy (non-hydrogen) atoms. The van der Waals surface area contributed by atoms with Crippen LogP contribution in [0, 0.1) is 11.7 Å². The highest BCUT2D eigenvalue weighted by molar-refractivity contribution is 9.10.